The van der Waals surface area contributed by atoms with Gasteiger partial charge in [0.25, 0.3) is 0 Å². The summed E-state index contributed by atoms with van der Waals surface area (Å²) in [4.78, 5) is 2.58. The van der Waals surface area contributed by atoms with Crippen molar-refractivity contribution in [2.75, 3.05) is 40.0 Å². The summed E-state index contributed by atoms with van der Waals surface area (Å²) in [6.45, 7) is 3.15. The number of aryl methyl sites for hydroxylation is 1. The number of benzene rings is 2. The molecule has 1 aliphatic heterocycles. The third-order valence-electron chi connectivity index (χ3n) is 5.68. The maximum absolute atomic E-state index is 12.3. The van der Waals surface area contributed by atoms with Gasteiger partial charge in [-0.2, -0.15) is 0 Å². The number of nitrogens with zero attached hydrogens (tertiary/aromatic N) is 1. The lowest BCUT2D eigenvalue weighted by Crippen LogP contribution is -2.35. The van der Waals surface area contributed by atoms with Crippen LogP contribution >= 0.6 is 0 Å². The van der Waals surface area contributed by atoms with E-state index in [9.17, 15) is 4.39 Å². The molecule has 1 saturated heterocycles. The Morgan fingerprint density at radius 3 is 2.64 bits per heavy atom. The van der Waals surface area contributed by atoms with Crippen molar-refractivity contribution in [1.82, 2.24) is 4.90 Å². The molecule has 0 aliphatic carbocycles. The first-order chi connectivity index (χ1) is 13.8. The molecule has 2 aromatic rings. The van der Waals surface area contributed by atoms with E-state index in [1.165, 1.54) is 43.5 Å². The van der Waals surface area contributed by atoms with Gasteiger partial charge in [-0.05, 0) is 80.4 Å². The quantitative estimate of drug-likeness (QED) is 0.579. The van der Waals surface area contributed by atoms with E-state index in [1.54, 1.807) is 7.11 Å². The van der Waals surface area contributed by atoms with Crippen LogP contribution in [0.25, 0.3) is 0 Å². The molecule has 0 saturated carbocycles. The van der Waals surface area contributed by atoms with Gasteiger partial charge in [-0.25, -0.2) is 4.39 Å². The van der Waals surface area contributed by atoms with Crippen LogP contribution in [0.2, 0.25) is 0 Å². The number of rotatable bonds is 10. The van der Waals surface area contributed by atoms with Crippen molar-refractivity contribution in [3.8, 4) is 11.5 Å². The summed E-state index contributed by atoms with van der Waals surface area (Å²) in [7, 11) is 1.74. The van der Waals surface area contributed by atoms with Crippen molar-refractivity contribution in [2.24, 2.45) is 5.92 Å². The standard InChI is InChI=1S/C24H32FNO2/c1-27-24-8-3-2-6-22(24)13-17-26-15-11-20(12-16-26)9-10-21-5-4-7-23(19-21)28-18-14-25/h2-8,19-20H,9-18H2,1H3. The monoisotopic (exact) mass is 385 g/mol. The average molecular weight is 386 g/mol. The fourth-order valence-electron chi connectivity index (χ4n) is 4.00. The Morgan fingerprint density at radius 2 is 1.86 bits per heavy atom. The molecule has 3 nitrogen and oxygen atoms in total. The number of piperidine rings is 1. The predicted octanol–water partition coefficient (Wildman–Crippen LogP) is 4.93. The molecule has 1 heterocycles. The third-order valence-corrected chi connectivity index (χ3v) is 5.68. The number of alkyl halides is 1. The third kappa shape index (κ3) is 6.23. The van der Waals surface area contributed by atoms with Crippen LogP contribution in [-0.4, -0.2) is 44.9 Å². The second-order valence-corrected chi connectivity index (χ2v) is 7.57. The zero-order valence-electron chi connectivity index (χ0n) is 16.9. The number of para-hydroxylation sites is 1. The van der Waals surface area contributed by atoms with Crippen molar-refractivity contribution in [3.63, 3.8) is 0 Å². The van der Waals surface area contributed by atoms with Gasteiger partial charge in [0, 0.05) is 6.54 Å². The Hall–Kier alpha value is -2.07. The van der Waals surface area contributed by atoms with Gasteiger partial charge < -0.3 is 14.4 Å². The maximum atomic E-state index is 12.3. The highest BCUT2D eigenvalue weighted by Crippen LogP contribution is 2.25. The van der Waals surface area contributed by atoms with Crippen LogP contribution < -0.4 is 9.47 Å². The lowest BCUT2D eigenvalue weighted by atomic mass is 9.90. The van der Waals surface area contributed by atoms with Gasteiger partial charge in [0.1, 0.15) is 24.8 Å². The van der Waals surface area contributed by atoms with Crippen LogP contribution in [0, 0.1) is 5.92 Å². The molecule has 0 unspecified atom stereocenters. The molecular weight excluding hydrogens is 353 g/mol. The van der Waals surface area contributed by atoms with E-state index in [1.807, 2.05) is 24.3 Å². The normalized spacial score (nSPS) is 15.5. The molecule has 0 spiro atoms. The molecule has 1 aliphatic rings. The Balaban J connectivity index is 1.38. The van der Waals surface area contributed by atoms with Gasteiger partial charge in [0.05, 0.1) is 7.11 Å². The van der Waals surface area contributed by atoms with Gasteiger partial charge in [0.2, 0.25) is 0 Å². The first-order valence-corrected chi connectivity index (χ1v) is 10.4. The molecule has 2 aromatic carbocycles. The molecule has 0 bridgehead atoms. The Labute approximate surface area is 168 Å². The summed E-state index contributed by atoms with van der Waals surface area (Å²) < 4.78 is 23.1. The summed E-state index contributed by atoms with van der Waals surface area (Å²) >= 11 is 0. The first-order valence-electron chi connectivity index (χ1n) is 10.4. The molecule has 0 atom stereocenters. The Kier molecular flexibility index (Phi) is 8.16. The van der Waals surface area contributed by atoms with Crippen LogP contribution in [0.3, 0.4) is 0 Å². The van der Waals surface area contributed by atoms with Crippen molar-refractivity contribution < 1.29 is 13.9 Å². The molecule has 0 radical (unpaired) electrons. The highest BCUT2D eigenvalue weighted by atomic mass is 19.1. The van der Waals surface area contributed by atoms with E-state index in [-0.39, 0.29) is 6.61 Å². The van der Waals surface area contributed by atoms with E-state index in [4.69, 9.17) is 9.47 Å². The van der Waals surface area contributed by atoms with Gasteiger partial charge in [0.15, 0.2) is 0 Å². The van der Waals surface area contributed by atoms with Crippen LogP contribution in [0.5, 0.6) is 11.5 Å². The van der Waals surface area contributed by atoms with Crippen LogP contribution in [-0.2, 0) is 12.8 Å². The molecule has 3 rings (SSSR count). The van der Waals surface area contributed by atoms with Crippen LogP contribution in [0.1, 0.15) is 30.4 Å². The number of hydrogen-bond donors (Lipinski definition) is 0. The van der Waals surface area contributed by atoms with Gasteiger partial charge in [-0.3, -0.25) is 0 Å². The topological polar surface area (TPSA) is 21.7 Å². The van der Waals surface area contributed by atoms with Crippen molar-refractivity contribution >= 4 is 0 Å². The van der Waals surface area contributed by atoms with E-state index in [2.05, 4.69) is 29.2 Å². The molecule has 1 fully saturated rings. The minimum absolute atomic E-state index is 0.136. The zero-order valence-corrected chi connectivity index (χ0v) is 16.9. The molecule has 0 amide bonds. The van der Waals surface area contributed by atoms with Crippen LogP contribution in [0.15, 0.2) is 48.5 Å². The average Bonchev–Trinajstić information content (AvgIpc) is 2.76. The zero-order chi connectivity index (χ0) is 19.6. The number of ether oxygens (including phenoxy) is 2. The predicted molar refractivity (Wildman–Crippen MR) is 112 cm³/mol. The minimum atomic E-state index is -0.445. The molecule has 4 heteroatoms. The summed E-state index contributed by atoms with van der Waals surface area (Å²) in [6.07, 6.45) is 5.86. The lowest BCUT2D eigenvalue weighted by Gasteiger charge is -2.32. The molecule has 152 valence electrons. The Bertz CT molecular complexity index is 713. The van der Waals surface area contributed by atoms with Crippen LogP contribution in [0.4, 0.5) is 4.39 Å². The number of methoxy groups -OCH3 is 1. The second kappa shape index (κ2) is 11.1. The van der Waals surface area contributed by atoms with Crippen molar-refractivity contribution in [2.45, 2.75) is 32.1 Å². The Morgan fingerprint density at radius 1 is 1.04 bits per heavy atom. The number of halogens is 1. The molecule has 28 heavy (non-hydrogen) atoms. The van der Waals surface area contributed by atoms with E-state index in [0.29, 0.717) is 0 Å². The maximum Gasteiger partial charge on any atom is 0.123 e. The molecular formula is C24H32FNO2. The van der Waals surface area contributed by atoms with Gasteiger partial charge in [-0.1, -0.05) is 30.3 Å². The summed E-state index contributed by atoms with van der Waals surface area (Å²) in [6, 6.07) is 16.4. The van der Waals surface area contributed by atoms with Crippen molar-refractivity contribution in [1.29, 1.82) is 0 Å². The number of hydrogen-bond acceptors (Lipinski definition) is 3. The second-order valence-electron chi connectivity index (χ2n) is 7.57. The smallest absolute Gasteiger partial charge is 0.123 e. The van der Waals surface area contributed by atoms with Gasteiger partial charge in [-0.15, -0.1) is 0 Å². The first kappa shape index (κ1) is 20.7. The molecule has 0 aromatic heterocycles. The summed E-state index contributed by atoms with van der Waals surface area (Å²) in [5.41, 5.74) is 2.58. The molecule has 0 N–H and O–H groups in total. The van der Waals surface area contributed by atoms with Gasteiger partial charge >= 0.3 is 0 Å². The summed E-state index contributed by atoms with van der Waals surface area (Å²) in [5, 5.41) is 0. The minimum Gasteiger partial charge on any atom is -0.496 e. The highest BCUT2D eigenvalue weighted by molar-refractivity contribution is 5.33. The number of likely N-dealkylation sites (tertiary alicyclic amines) is 1. The highest BCUT2D eigenvalue weighted by Gasteiger charge is 2.19. The largest absolute Gasteiger partial charge is 0.496 e. The van der Waals surface area contributed by atoms with Crippen molar-refractivity contribution in [3.05, 3.63) is 59.7 Å². The lowest BCUT2D eigenvalue weighted by molar-refractivity contribution is 0.180. The van der Waals surface area contributed by atoms with E-state index < -0.39 is 6.67 Å². The summed E-state index contributed by atoms with van der Waals surface area (Å²) in [5.74, 6) is 2.56. The fraction of sp³-hybridized carbons (Fsp3) is 0.500. The van der Waals surface area contributed by atoms with E-state index in [0.717, 1.165) is 36.8 Å². The SMILES string of the molecule is COc1ccccc1CCN1CCC(CCc2cccc(OCCF)c2)CC1. The fourth-order valence-corrected chi connectivity index (χ4v) is 4.00. The van der Waals surface area contributed by atoms with E-state index >= 15 is 0 Å².